The number of fused-ring (bicyclic) bond motifs is 1. The summed E-state index contributed by atoms with van der Waals surface area (Å²) >= 11 is 6.10. The lowest BCUT2D eigenvalue weighted by Gasteiger charge is -2.12. The summed E-state index contributed by atoms with van der Waals surface area (Å²) in [6, 6.07) is 10.4. The number of aromatic nitrogens is 1. The predicted molar refractivity (Wildman–Crippen MR) is 95.3 cm³/mol. The van der Waals surface area contributed by atoms with Gasteiger partial charge in [-0.2, -0.15) is 0 Å². The summed E-state index contributed by atoms with van der Waals surface area (Å²) < 4.78 is 0. The lowest BCUT2D eigenvalue weighted by molar-refractivity contribution is -0.384. The molecule has 0 fully saturated rings. The van der Waals surface area contributed by atoms with E-state index in [-0.39, 0.29) is 22.5 Å². The summed E-state index contributed by atoms with van der Waals surface area (Å²) in [6.07, 6.45) is 0. The number of halogens is 1. The van der Waals surface area contributed by atoms with E-state index >= 15 is 0 Å². The molecule has 8 heteroatoms. The molecule has 1 unspecified atom stereocenters. The van der Waals surface area contributed by atoms with Crippen molar-refractivity contribution in [3.05, 3.63) is 63.8 Å². The second-order valence-corrected chi connectivity index (χ2v) is 6.21. The number of aromatic amines is 1. The molecular weight excluding hydrogens is 346 g/mol. The Bertz CT molecular complexity index is 981. The van der Waals surface area contributed by atoms with E-state index < -0.39 is 10.8 Å². The fourth-order valence-corrected chi connectivity index (χ4v) is 2.74. The molecule has 25 heavy (non-hydrogen) atoms. The predicted octanol–water partition coefficient (Wildman–Crippen LogP) is 4.33. The number of non-ortho nitro benzene ring substituents is 1. The van der Waals surface area contributed by atoms with Gasteiger partial charge in [-0.1, -0.05) is 6.07 Å². The minimum absolute atomic E-state index is 0.00337. The van der Waals surface area contributed by atoms with Crippen LogP contribution in [-0.2, 0) is 0 Å². The maximum absolute atomic E-state index is 12.5. The third-order valence-corrected chi connectivity index (χ3v) is 4.01. The van der Waals surface area contributed by atoms with Crippen molar-refractivity contribution in [1.82, 2.24) is 4.98 Å². The van der Waals surface area contributed by atoms with E-state index in [0.29, 0.717) is 22.2 Å². The molecule has 0 aliphatic heterocycles. The zero-order chi connectivity index (χ0) is 18.1. The van der Waals surface area contributed by atoms with Gasteiger partial charge in [0.1, 0.15) is 11.4 Å². The van der Waals surface area contributed by atoms with Crippen LogP contribution in [0.4, 0.5) is 11.4 Å². The topological polar surface area (TPSA) is 108 Å². The average molecular weight is 360 g/mol. The highest BCUT2D eigenvalue weighted by molar-refractivity contribution is 6.21. The van der Waals surface area contributed by atoms with Crippen molar-refractivity contribution in [3.8, 4) is 5.75 Å². The van der Waals surface area contributed by atoms with Gasteiger partial charge >= 0.3 is 0 Å². The number of alkyl halides is 1. The summed E-state index contributed by atoms with van der Waals surface area (Å²) in [6.45, 7) is 1.76. The first kappa shape index (κ1) is 16.8. The van der Waals surface area contributed by atoms with E-state index in [1.807, 2.05) is 0 Å². The van der Waals surface area contributed by atoms with Crippen molar-refractivity contribution in [2.45, 2.75) is 12.3 Å². The minimum atomic E-state index is -0.493. The van der Waals surface area contributed by atoms with Gasteiger partial charge in [0, 0.05) is 34.8 Å². The number of phenolic OH excluding ortho intramolecular Hbond substituents is 1. The van der Waals surface area contributed by atoms with Crippen LogP contribution >= 0.6 is 11.6 Å². The molecule has 2 aromatic carbocycles. The number of nitro groups is 1. The van der Waals surface area contributed by atoms with Crippen LogP contribution in [0.1, 0.15) is 28.4 Å². The average Bonchev–Trinajstić information content (AvgIpc) is 2.97. The molecule has 0 radical (unpaired) electrons. The molecule has 1 amide bonds. The molecular formula is C17H14ClN3O4. The highest BCUT2D eigenvalue weighted by atomic mass is 35.5. The normalized spacial score (nSPS) is 12.1. The van der Waals surface area contributed by atoms with Gasteiger partial charge < -0.3 is 15.4 Å². The van der Waals surface area contributed by atoms with Crippen molar-refractivity contribution < 1.29 is 14.8 Å². The van der Waals surface area contributed by atoms with Crippen molar-refractivity contribution in [3.63, 3.8) is 0 Å². The van der Waals surface area contributed by atoms with Gasteiger partial charge in [-0.3, -0.25) is 14.9 Å². The SMILES string of the molecule is CC(Cl)c1ccc(O)cc1NC(=O)c1cc2cc([N+](=O)[O-])ccc2[nH]1. The number of aromatic hydroxyl groups is 1. The second-order valence-electron chi connectivity index (χ2n) is 5.55. The molecule has 3 aromatic rings. The lowest BCUT2D eigenvalue weighted by atomic mass is 10.1. The van der Waals surface area contributed by atoms with Gasteiger partial charge in [0.15, 0.2) is 0 Å². The van der Waals surface area contributed by atoms with Crippen molar-refractivity contribution in [2.24, 2.45) is 0 Å². The number of hydrogen-bond acceptors (Lipinski definition) is 4. The smallest absolute Gasteiger partial charge is 0.272 e. The molecule has 0 aliphatic rings. The maximum atomic E-state index is 12.5. The van der Waals surface area contributed by atoms with E-state index in [9.17, 15) is 20.0 Å². The molecule has 7 nitrogen and oxygen atoms in total. The lowest BCUT2D eigenvalue weighted by Crippen LogP contribution is -2.13. The van der Waals surface area contributed by atoms with E-state index in [1.54, 1.807) is 19.1 Å². The number of benzene rings is 2. The third kappa shape index (κ3) is 3.41. The maximum Gasteiger partial charge on any atom is 0.272 e. The summed E-state index contributed by atoms with van der Waals surface area (Å²) in [5.74, 6) is -0.438. The molecule has 0 bridgehead atoms. The molecule has 1 aromatic heterocycles. The monoisotopic (exact) mass is 359 g/mol. The fourth-order valence-electron chi connectivity index (χ4n) is 2.54. The van der Waals surface area contributed by atoms with Gasteiger partial charge in [-0.05, 0) is 30.7 Å². The largest absolute Gasteiger partial charge is 0.508 e. The first-order chi connectivity index (χ1) is 11.8. The van der Waals surface area contributed by atoms with Gasteiger partial charge in [-0.25, -0.2) is 0 Å². The zero-order valence-electron chi connectivity index (χ0n) is 13.1. The number of rotatable bonds is 4. The number of nitrogens with zero attached hydrogens (tertiary/aromatic N) is 1. The molecule has 0 saturated carbocycles. The van der Waals surface area contributed by atoms with E-state index in [0.717, 1.165) is 0 Å². The molecule has 3 rings (SSSR count). The van der Waals surface area contributed by atoms with E-state index in [2.05, 4.69) is 10.3 Å². The molecule has 1 heterocycles. The van der Waals surface area contributed by atoms with Crippen LogP contribution in [0.2, 0.25) is 0 Å². The minimum Gasteiger partial charge on any atom is -0.508 e. The van der Waals surface area contributed by atoms with Gasteiger partial charge in [0.2, 0.25) is 0 Å². The number of H-pyrrole nitrogens is 1. The number of carbonyl (C=O) groups excluding carboxylic acids is 1. The fraction of sp³-hybridized carbons (Fsp3) is 0.118. The van der Waals surface area contributed by atoms with E-state index in [4.69, 9.17) is 11.6 Å². The highest BCUT2D eigenvalue weighted by Gasteiger charge is 2.16. The first-order valence-corrected chi connectivity index (χ1v) is 7.84. The Balaban J connectivity index is 1.93. The highest BCUT2D eigenvalue weighted by Crippen LogP contribution is 2.31. The Hall–Kier alpha value is -3.06. The summed E-state index contributed by atoms with van der Waals surface area (Å²) in [5, 5.41) is 23.4. The summed E-state index contributed by atoms with van der Waals surface area (Å²) in [5.41, 5.74) is 1.87. The molecule has 0 saturated heterocycles. The Morgan fingerprint density at radius 2 is 2.04 bits per heavy atom. The quantitative estimate of drug-likeness (QED) is 0.366. The second kappa shape index (κ2) is 6.45. The Labute approximate surface area is 147 Å². The summed E-state index contributed by atoms with van der Waals surface area (Å²) in [7, 11) is 0. The standard InChI is InChI=1S/C17H14ClN3O4/c1-9(18)13-4-3-12(22)8-15(13)20-17(23)16-7-10-6-11(21(24)25)2-5-14(10)19-16/h2-9,19,22H,1H3,(H,20,23). The number of phenols is 1. The molecule has 128 valence electrons. The summed E-state index contributed by atoms with van der Waals surface area (Å²) in [4.78, 5) is 25.7. The van der Waals surface area contributed by atoms with Gasteiger partial charge in [0.05, 0.1) is 10.3 Å². The van der Waals surface area contributed by atoms with Crippen LogP contribution in [0, 0.1) is 10.1 Å². The van der Waals surface area contributed by atoms with Crippen molar-refractivity contribution in [1.29, 1.82) is 0 Å². The molecule has 3 N–H and O–H groups in total. The number of nitrogens with one attached hydrogen (secondary N) is 2. The molecule has 1 atom stereocenters. The molecule has 0 spiro atoms. The number of anilines is 1. The van der Waals surface area contributed by atoms with Crippen molar-refractivity contribution >= 4 is 39.8 Å². The van der Waals surface area contributed by atoms with Crippen LogP contribution in [0.3, 0.4) is 0 Å². The first-order valence-electron chi connectivity index (χ1n) is 7.40. The Morgan fingerprint density at radius 1 is 1.28 bits per heavy atom. The van der Waals surface area contributed by atoms with Gasteiger partial charge in [-0.15, -0.1) is 11.6 Å². The van der Waals surface area contributed by atoms with Crippen LogP contribution in [0.5, 0.6) is 5.75 Å². The van der Waals surface area contributed by atoms with Crippen LogP contribution in [0.25, 0.3) is 10.9 Å². The van der Waals surface area contributed by atoms with Gasteiger partial charge in [0.25, 0.3) is 11.6 Å². The third-order valence-electron chi connectivity index (χ3n) is 3.77. The van der Waals surface area contributed by atoms with E-state index in [1.165, 1.54) is 30.3 Å². The Morgan fingerprint density at radius 3 is 2.72 bits per heavy atom. The number of hydrogen-bond donors (Lipinski definition) is 3. The number of amides is 1. The molecule has 0 aliphatic carbocycles. The van der Waals surface area contributed by atoms with Crippen LogP contribution < -0.4 is 5.32 Å². The number of nitro benzene ring substituents is 1. The zero-order valence-corrected chi connectivity index (χ0v) is 13.9. The van der Waals surface area contributed by atoms with Crippen molar-refractivity contribution in [2.75, 3.05) is 5.32 Å². The number of carbonyl (C=O) groups is 1. The van der Waals surface area contributed by atoms with Crippen LogP contribution in [0.15, 0.2) is 42.5 Å². The van der Waals surface area contributed by atoms with Crippen LogP contribution in [-0.4, -0.2) is 20.9 Å². The Kier molecular flexibility index (Phi) is 4.33.